The average Bonchev–Trinajstić information content (AvgIpc) is 3.38. The number of thioether (sulfide) groups is 1. The highest BCUT2D eigenvalue weighted by Gasteiger charge is 2.40. The second-order valence-corrected chi connectivity index (χ2v) is 10.8. The fraction of sp³-hybridized carbons (Fsp3) is 0.571. The topological polar surface area (TPSA) is 32.7 Å². The zero-order valence-electron chi connectivity index (χ0n) is 20.0. The summed E-state index contributed by atoms with van der Waals surface area (Å²) in [5.41, 5.74) is 4.12. The van der Waals surface area contributed by atoms with Crippen LogP contribution in [0.25, 0.3) is 0 Å². The molecule has 2 aromatic carbocycles. The molecule has 3 nitrogen and oxygen atoms in total. The van der Waals surface area contributed by atoms with E-state index >= 15 is 0 Å². The largest absolute Gasteiger partial charge is 0.475 e. The van der Waals surface area contributed by atoms with Crippen molar-refractivity contribution in [1.82, 2.24) is 4.90 Å². The van der Waals surface area contributed by atoms with Crippen LogP contribution in [-0.2, 0) is 12.8 Å². The summed E-state index contributed by atoms with van der Waals surface area (Å²) in [7, 11) is 0. The molecule has 2 heterocycles. The van der Waals surface area contributed by atoms with Gasteiger partial charge >= 0.3 is 0 Å². The minimum absolute atomic E-state index is 0.0906. The third-order valence-electron chi connectivity index (χ3n) is 7.21. The van der Waals surface area contributed by atoms with Crippen LogP contribution in [0.15, 0.2) is 47.4 Å². The summed E-state index contributed by atoms with van der Waals surface area (Å²) in [5.74, 6) is 1.04. The quantitative estimate of drug-likeness (QED) is 0.415. The number of aryl methyl sites for hydroxylation is 2. The van der Waals surface area contributed by atoms with Crippen molar-refractivity contribution in [3.8, 4) is 5.75 Å². The molecule has 1 fully saturated rings. The van der Waals surface area contributed by atoms with Gasteiger partial charge in [-0.1, -0.05) is 75.7 Å². The van der Waals surface area contributed by atoms with Gasteiger partial charge in [-0.2, -0.15) is 0 Å². The molecule has 0 aliphatic carbocycles. The molecule has 0 aromatic heterocycles. The van der Waals surface area contributed by atoms with Gasteiger partial charge in [-0.05, 0) is 73.8 Å². The van der Waals surface area contributed by atoms with E-state index in [1.54, 1.807) is 0 Å². The summed E-state index contributed by atoms with van der Waals surface area (Å²) in [4.78, 5) is 3.50. The molecule has 0 spiro atoms. The molecule has 2 aliphatic heterocycles. The molecule has 2 unspecified atom stereocenters. The number of aliphatic hydroxyl groups is 1. The summed E-state index contributed by atoms with van der Waals surface area (Å²) in [5, 5.41) is 10.2. The van der Waals surface area contributed by atoms with Crippen LogP contribution in [0, 0.1) is 0 Å². The Labute approximate surface area is 198 Å². The molecule has 1 N–H and O–H groups in total. The lowest BCUT2D eigenvalue weighted by atomic mass is 10.0. The van der Waals surface area contributed by atoms with Gasteiger partial charge in [-0.15, -0.1) is 0 Å². The van der Waals surface area contributed by atoms with Gasteiger partial charge in [0.1, 0.15) is 5.75 Å². The van der Waals surface area contributed by atoms with E-state index in [2.05, 4.69) is 68.1 Å². The van der Waals surface area contributed by atoms with E-state index in [-0.39, 0.29) is 11.7 Å². The Morgan fingerprint density at radius 1 is 1.00 bits per heavy atom. The molecule has 0 amide bonds. The minimum atomic E-state index is -0.0906. The van der Waals surface area contributed by atoms with Crippen molar-refractivity contribution in [3.05, 3.63) is 59.2 Å². The van der Waals surface area contributed by atoms with Crippen LogP contribution in [0.4, 0.5) is 0 Å². The number of rotatable bonds is 10. The Balaban J connectivity index is 1.43. The molecule has 2 atom stereocenters. The van der Waals surface area contributed by atoms with Crippen molar-refractivity contribution in [2.75, 3.05) is 6.73 Å². The predicted molar refractivity (Wildman–Crippen MR) is 134 cm³/mol. The second-order valence-electron chi connectivity index (χ2n) is 9.43. The van der Waals surface area contributed by atoms with Gasteiger partial charge in [0.25, 0.3) is 0 Å². The molecule has 0 saturated carbocycles. The summed E-state index contributed by atoms with van der Waals surface area (Å²) in [6.07, 6.45) is 9.96. The number of hydrogen-bond donors (Lipinski definition) is 1. The highest BCUT2D eigenvalue weighted by Crippen LogP contribution is 2.53. The fourth-order valence-corrected chi connectivity index (χ4v) is 7.05. The smallest absolute Gasteiger partial charge is 0.159 e. The van der Waals surface area contributed by atoms with Crippen LogP contribution < -0.4 is 4.74 Å². The van der Waals surface area contributed by atoms with Gasteiger partial charge in [0.15, 0.2) is 4.93 Å². The van der Waals surface area contributed by atoms with E-state index in [9.17, 15) is 5.11 Å². The number of likely N-dealkylation sites (tertiary alicyclic amines) is 1. The third kappa shape index (κ3) is 5.03. The van der Waals surface area contributed by atoms with Crippen LogP contribution in [0.3, 0.4) is 0 Å². The SMILES string of the molecule is CCCC1(CCC)Oc2ccc(C3CCC(CCc4ccc(CC)cc4)N3CO)cc2S1. The van der Waals surface area contributed by atoms with Crippen molar-refractivity contribution < 1.29 is 9.84 Å². The standard InChI is InChI=1S/C28H39NO2S/c1-4-17-28(18-5-2)31-26-16-12-23(19-27(26)32-28)25-15-14-24(29(25)20-30)13-11-22-9-7-21(6-3)8-10-22/h7-10,12,16,19,24-25,30H,4-6,11,13-15,17-18,20H2,1-3H3. The first-order valence-corrected chi connectivity index (χ1v) is 13.4. The zero-order valence-corrected chi connectivity index (χ0v) is 20.8. The summed E-state index contributed by atoms with van der Waals surface area (Å²) >= 11 is 1.92. The third-order valence-corrected chi connectivity index (χ3v) is 8.61. The predicted octanol–water partition coefficient (Wildman–Crippen LogP) is 7.12. The first-order valence-electron chi connectivity index (χ1n) is 12.6. The molecule has 0 radical (unpaired) electrons. The maximum absolute atomic E-state index is 10.2. The maximum atomic E-state index is 10.2. The van der Waals surface area contributed by atoms with Crippen molar-refractivity contribution in [1.29, 1.82) is 0 Å². The summed E-state index contributed by atoms with van der Waals surface area (Å²) in [6.45, 7) is 6.81. The first-order chi connectivity index (χ1) is 15.6. The normalized spacial score (nSPS) is 22.1. The lowest BCUT2D eigenvalue weighted by Gasteiger charge is -2.28. The van der Waals surface area contributed by atoms with Crippen molar-refractivity contribution in [3.63, 3.8) is 0 Å². The highest BCUT2D eigenvalue weighted by atomic mass is 32.2. The Morgan fingerprint density at radius 3 is 2.38 bits per heavy atom. The summed E-state index contributed by atoms with van der Waals surface area (Å²) in [6, 6.07) is 16.5. The van der Waals surface area contributed by atoms with Crippen LogP contribution in [0.1, 0.15) is 88.4 Å². The van der Waals surface area contributed by atoms with E-state index in [1.807, 2.05) is 11.8 Å². The molecule has 4 rings (SSSR count). The first kappa shape index (κ1) is 23.7. The number of hydrogen-bond acceptors (Lipinski definition) is 4. The molecular weight excluding hydrogens is 414 g/mol. The van der Waals surface area contributed by atoms with Gasteiger partial charge in [-0.3, -0.25) is 4.90 Å². The van der Waals surface area contributed by atoms with Crippen LogP contribution in [0.5, 0.6) is 5.75 Å². The van der Waals surface area contributed by atoms with E-state index in [0.717, 1.165) is 63.5 Å². The molecule has 0 bridgehead atoms. The maximum Gasteiger partial charge on any atom is 0.159 e. The zero-order chi connectivity index (χ0) is 22.6. The van der Waals surface area contributed by atoms with Crippen molar-refractivity contribution in [2.24, 2.45) is 0 Å². The number of fused-ring (bicyclic) bond motifs is 1. The van der Waals surface area contributed by atoms with Crippen LogP contribution in [-0.4, -0.2) is 27.7 Å². The summed E-state index contributed by atoms with van der Waals surface area (Å²) < 4.78 is 6.47. The van der Waals surface area contributed by atoms with Gasteiger partial charge in [0.2, 0.25) is 0 Å². The Bertz CT molecular complexity index is 876. The molecule has 174 valence electrons. The Kier molecular flexibility index (Phi) is 7.86. The van der Waals surface area contributed by atoms with Crippen molar-refractivity contribution >= 4 is 11.8 Å². The van der Waals surface area contributed by atoms with E-state index in [1.165, 1.54) is 21.6 Å². The van der Waals surface area contributed by atoms with Crippen LogP contribution in [0.2, 0.25) is 0 Å². The lowest BCUT2D eigenvalue weighted by Crippen LogP contribution is -2.32. The molecule has 1 saturated heterocycles. The fourth-order valence-electron chi connectivity index (χ4n) is 5.50. The highest BCUT2D eigenvalue weighted by molar-refractivity contribution is 8.00. The number of aliphatic hydroxyl groups excluding tert-OH is 1. The van der Waals surface area contributed by atoms with Gasteiger partial charge in [-0.25, -0.2) is 0 Å². The Morgan fingerprint density at radius 2 is 1.72 bits per heavy atom. The number of nitrogens with zero attached hydrogens (tertiary/aromatic N) is 1. The van der Waals surface area contributed by atoms with Gasteiger partial charge < -0.3 is 9.84 Å². The Hall–Kier alpha value is -1.49. The molecule has 4 heteroatoms. The van der Waals surface area contributed by atoms with Gasteiger partial charge in [0, 0.05) is 12.1 Å². The van der Waals surface area contributed by atoms with E-state index in [4.69, 9.17) is 4.74 Å². The van der Waals surface area contributed by atoms with Crippen LogP contribution >= 0.6 is 11.8 Å². The second kappa shape index (κ2) is 10.6. The molecule has 32 heavy (non-hydrogen) atoms. The number of ether oxygens (including phenoxy) is 1. The molecule has 2 aliphatic rings. The molecular formula is C28H39NO2S. The van der Waals surface area contributed by atoms with Crippen molar-refractivity contribution in [2.45, 2.75) is 100 Å². The average molecular weight is 454 g/mol. The number of benzene rings is 2. The van der Waals surface area contributed by atoms with E-state index < -0.39 is 0 Å². The van der Waals surface area contributed by atoms with E-state index in [0.29, 0.717) is 12.1 Å². The molecule has 2 aromatic rings. The van der Waals surface area contributed by atoms with Gasteiger partial charge in [0.05, 0.1) is 11.6 Å². The monoisotopic (exact) mass is 453 g/mol. The lowest BCUT2D eigenvalue weighted by molar-refractivity contribution is 0.0596. The minimum Gasteiger partial charge on any atom is -0.475 e.